The van der Waals surface area contributed by atoms with Crippen LogP contribution in [0.15, 0.2) is 54.6 Å². The van der Waals surface area contributed by atoms with Gasteiger partial charge in [-0.05, 0) is 44.0 Å². The highest BCUT2D eigenvalue weighted by Crippen LogP contribution is 2.21. The quantitative estimate of drug-likeness (QED) is 0.786. The van der Waals surface area contributed by atoms with Gasteiger partial charge in [0.15, 0.2) is 0 Å². The number of nitrogens with one attached hydrogen (secondary N) is 2. The van der Waals surface area contributed by atoms with Crippen LogP contribution < -0.4 is 10.6 Å². The number of hydrogen-bond donors (Lipinski definition) is 2. The fraction of sp³-hybridized carbons (Fsp3) is 0.263. The molecular weight excluding hydrogens is 324 g/mol. The first-order valence-electron chi connectivity index (χ1n) is 7.79. The van der Waals surface area contributed by atoms with E-state index >= 15 is 0 Å². The Labute approximate surface area is 147 Å². The second kappa shape index (κ2) is 7.97. The molecule has 0 atom stereocenters. The Morgan fingerprint density at radius 2 is 1.71 bits per heavy atom. The van der Waals surface area contributed by atoms with Gasteiger partial charge in [-0.15, -0.1) is 0 Å². The third-order valence-electron chi connectivity index (χ3n) is 3.76. The van der Waals surface area contributed by atoms with E-state index in [0.717, 1.165) is 12.0 Å². The van der Waals surface area contributed by atoms with Crippen molar-refractivity contribution in [3.05, 3.63) is 65.2 Å². The molecule has 0 aliphatic rings. The Hall–Kier alpha value is -2.33. The van der Waals surface area contributed by atoms with Gasteiger partial charge in [0.25, 0.3) is 0 Å². The summed E-state index contributed by atoms with van der Waals surface area (Å²) in [5, 5.41) is 6.08. The van der Waals surface area contributed by atoms with Crippen molar-refractivity contribution in [1.29, 1.82) is 0 Å². The highest BCUT2D eigenvalue weighted by atomic mass is 35.5. The molecule has 0 aliphatic heterocycles. The van der Waals surface area contributed by atoms with Crippen LogP contribution in [0.3, 0.4) is 0 Å². The molecule has 24 heavy (non-hydrogen) atoms. The maximum atomic E-state index is 12.4. The number of anilines is 1. The molecular formula is C19H21ClN2O2. The highest BCUT2D eigenvalue weighted by molar-refractivity contribution is 6.31. The number of carbonyl (C=O) groups is 2. The van der Waals surface area contributed by atoms with Gasteiger partial charge in [0, 0.05) is 17.3 Å². The van der Waals surface area contributed by atoms with Gasteiger partial charge >= 0.3 is 0 Å². The topological polar surface area (TPSA) is 58.2 Å². The molecule has 0 saturated heterocycles. The molecule has 2 N–H and O–H groups in total. The van der Waals surface area contributed by atoms with E-state index in [1.807, 2.05) is 30.3 Å². The van der Waals surface area contributed by atoms with Crippen molar-refractivity contribution in [1.82, 2.24) is 5.32 Å². The summed E-state index contributed by atoms with van der Waals surface area (Å²) in [6, 6.07) is 16.7. The molecule has 0 bridgehead atoms. The Morgan fingerprint density at radius 1 is 1.00 bits per heavy atom. The highest BCUT2D eigenvalue weighted by Gasteiger charge is 2.35. The Balaban J connectivity index is 1.90. The van der Waals surface area contributed by atoms with Crippen molar-refractivity contribution < 1.29 is 9.59 Å². The molecule has 2 aromatic rings. The summed E-state index contributed by atoms with van der Waals surface area (Å²) in [6.45, 7) is 3.69. The molecule has 2 amide bonds. The number of amides is 2. The molecule has 0 aliphatic carbocycles. The van der Waals surface area contributed by atoms with Crippen molar-refractivity contribution in [3.8, 4) is 0 Å². The molecule has 5 heteroatoms. The molecule has 0 spiro atoms. The van der Waals surface area contributed by atoms with Crippen LogP contribution in [0.4, 0.5) is 5.69 Å². The average Bonchev–Trinajstić information content (AvgIpc) is 2.55. The zero-order valence-electron chi connectivity index (χ0n) is 13.8. The average molecular weight is 345 g/mol. The first-order chi connectivity index (χ1) is 11.4. The van der Waals surface area contributed by atoms with Crippen molar-refractivity contribution in [3.63, 3.8) is 0 Å². The van der Waals surface area contributed by atoms with E-state index in [1.165, 1.54) is 0 Å². The lowest BCUT2D eigenvalue weighted by Crippen LogP contribution is -2.45. The monoisotopic (exact) mass is 344 g/mol. The van der Waals surface area contributed by atoms with E-state index in [9.17, 15) is 9.59 Å². The van der Waals surface area contributed by atoms with Crippen LogP contribution in [-0.2, 0) is 16.0 Å². The number of hydrogen-bond acceptors (Lipinski definition) is 2. The molecule has 0 radical (unpaired) electrons. The Kier molecular flexibility index (Phi) is 5.99. The first kappa shape index (κ1) is 18.0. The smallest absolute Gasteiger partial charge is 0.239 e. The second-order valence-electron chi connectivity index (χ2n) is 6.08. The van der Waals surface area contributed by atoms with E-state index in [-0.39, 0.29) is 11.8 Å². The van der Waals surface area contributed by atoms with E-state index in [2.05, 4.69) is 10.6 Å². The molecule has 0 unspecified atom stereocenters. The molecule has 126 valence electrons. The summed E-state index contributed by atoms with van der Waals surface area (Å²) in [7, 11) is 0. The predicted octanol–water partition coefficient (Wildman–Crippen LogP) is 3.66. The Morgan fingerprint density at radius 3 is 2.38 bits per heavy atom. The van der Waals surface area contributed by atoms with E-state index < -0.39 is 5.41 Å². The molecule has 2 aromatic carbocycles. The van der Waals surface area contributed by atoms with Crippen LogP contribution >= 0.6 is 11.6 Å². The third-order valence-corrected chi connectivity index (χ3v) is 3.99. The van der Waals surface area contributed by atoms with Crippen molar-refractivity contribution >= 4 is 29.1 Å². The van der Waals surface area contributed by atoms with E-state index in [4.69, 9.17) is 11.6 Å². The lowest BCUT2D eigenvalue weighted by Gasteiger charge is -2.22. The van der Waals surface area contributed by atoms with Crippen LogP contribution in [0.2, 0.25) is 5.02 Å². The van der Waals surface area contributed by atoms with Gasteiger partial charge in [0.2, 0.25) is 11.8 Å². The van der Waals surface area contributed by atoms with Gasteiger partial charge in [0.05, 0.1) is 0 Å². The van der Waals surface area contributed by atoms with E-state index in [1.54, 1.807) is 38.1 Å². The minimum Gasteiger partial charge on any atom is -0.355 e. The number of benzene rings is 2. The largest absolute Gasteiger partial charge is 0.355 e. The molecule has 0 heterocycles. The summed E-state index contributed by atoms with van der Waals surface area (Å²) >= 11 is 5.90. The van der Waals surface area contributed by atoms with Gasteiger partial charge in [-0.3, -0.25) is 9.59 Å². The molecule has 0 aromatic heterocycles. The Bertz CT molecular complexity index is 714. The third kappa shape index (κ3) is 4.83. The van der Waals surface area contributed by atoms with Crippen LogP contribution in [0, 0.1) is 5.41 Å². The van der Waals surface area contributed by atoms with Crippen molar-refractivity contribution in [2.75, 3.05) is 11.9 Å². The van der Waals surface area contributed by atoms with Gasteiger partial charge in [-0.1, -0.05) is 48.0 Å². The number of carbonyl (C=O) groups excluding carboxylic acids is 2. The molecule has 0 saturated carbocycles. The maximum absolute atomic E-state index is 12.4. The first-order valence-corrected chi connectivity index (χ1v) is 8.16. The van der Waals surface area contributed by atoms with Crippen LogP contribution in [0.1, 0.15) is 19.4 Å². The summed E-state index contributed by atoms with van der Waals surface area (Å²) in [6.07, 6.45) is 0.721. The van der Waals surface area contributed by atoms with Crippen molar-refractivity contribution in [2.24, 2.45) is 5.41 Å². The fourth-order valence-corrected chi connectivity index (χ4v) is 2.33. The summed E-state index contributed by atoms with van der Waals surface area (Å²) in [5.74, 6) is -0.681. The molecule has 2 rings (SSSR count). The lowest BCUT2D eigenvalue weighted by molar-refractivity contribution is -0.138. The minimum absolute atomic E-state index is 0.307. The second-order valence-corrected chi connectivity index (χ2v) is 6.52. The van der Waals surface area contributed by atoms with Gasteiger partial charge in [-0.25, -0.2) is 0 Å². The normalized spacial score (nSPS) is 11.0. The zero-order valence-corrected chi connectivity index (χ0v) is 14.6. The van der Waals surface area contributed by atoms with Gasteiger partial charge in [-0.2, -0.15) is 0 Å². The van der Waals surface area contributed by atoms with Crippen LogP contribution in [0.5, 0.6) is 0 Å². The molecule has 4 nitrogen and oxygen atoms in total. The van der Waals surface area contributed by atoms with Gasteiger partial charge in [0.1, 0.15) is 5.41 Å². The number of halogens is 1. The minimum atomic E-state index is -1.18. The van der Waals surface area contributed by atoms with Crippen LogP contribution in [0.25, 0.3) is 0 Å². The zero-order chi connectivity index (χ0) is 17.6. The van der Waals surface area contributed by atoms with Gasteiger partial charge < -0.3 is 10.6 Å². The summed E-state index contributed by atoms with van der Waals surface area (Å²) in [5.41, 5.74) is 0.524. The maximum Gasteiger partial charge on any atom is 0.239 e. The van der Waals surface area contributed by atoms with Crippen LogP contribution in [-0.4, -0.2) is 18.4 Å². The fourth-order valence-electron chi connectivity index (χ4n) is 2.14. The summed E-state index contributed by atoms with van der Waals surface area (Å²) < 4.78 is 0. The summed E-state index contributed by atoms with van der Waals surface area (Å²) in [4.78, 5) is 24.8. The predicted molar refractivity (Wildman–Crippen MR) is 97.0 cm³/mol. The standard InChI is InChI=1S/C19H21ClN2O2/c1-19(2,18(24)22-16-10-6-9-15(20)13-16)17(23)21-12-11-14-7-4-3-5-8-14/h3-10,13H,11-12H2,1-2H3,(H,21,23)(H,22,24). The molecule has 0 fully saturated rings. The lowest BCUT2D eigenvalue weighted by atomic mass is 9.91. The van der Waals surface area contributed by atoms with Crippen molar-refractivity contribution in [2.45, 2.75) is 20.3 Å². The van der Waals surface area contributed by atoms with E-state index in [0.29, 0.717) is 17.3 Å². The number of rotatable bonds is 6. The SMILES string of the molecule is CC(C)(C(=O)NCCc1ccccc1)C(=O)Nc1cccc(Cl)c1.